The van der Waals surface area contributed by atoms with E-state index in [4.69, 9.17) is 5.11 Å². The van der Waals surface area contributed by atoms with Crippen LogP contribution in [0.1, 0.15) is 12.8 Å². The highest BCUT2D eigenvalue weighted by Crippen LogP contribution is 2.21. The number of carboxylic acids is 1. The van der Waals surface area contributed by atoms with Crippen molar-refractivity contribution in [2.75, 3.05) is 37.7 Å². The molecule has 2 rings (SSSR count). The number of amides is 2. The molecule has 0 bridgehead atoms. The van der Waals surface area contributed by atoms with E-state index in [9.17, 15) is 13.8 Å². The summed E-state index contributed by atoms with van der Waals surface area (Å²) in [5.41, 5.74) is 0. The maximum atomic E-state index is 12.1. The molecular formula is C11H18N2O4S. The van der Waals surface area contributed by atoms with Crippen molar-refractivity contribution in [3.63, 3.8) is 0 Å². The highest BCUT2D eigenvalue weighted by molar-refractivity contribution is 7.85. The van der Waals surface area contributed by atoms with E-state index in [1.54, 1.807) is 9.80 Å². The first-order valence-electron chi connectivity index (χ1n) is 6.17. The number of aliphatic carboxylic acids is 1. The Balaban J connectivity index is 1.83. The summed E-state index contributed by atoms with van der Waals surface area (Å²) in [5.74, 6) is 0.379. The van der Waals surface area contributed by atoms with Gasteiger partial charge in [0.1, 0.15) is 0 Å². The van der Waals surface area contributed by atoms with Crippen LogP contribution in [-0.4, -0.2) is 68.8 Å². The van der Waals surface area contributed by atoms with E-state index in [1.165, 1.54) is 0 Å². The van der Waals surface area contributed by atoms with Gasteiger partial charge in [-0.05, 0) is 12.3 Å². The van der Waals surface area contributed by atoms with E-state index >= 15 is 0 Å². The van der Waals surface area contributed by atoms with E-state index in [-0.39, 0.29) is 18.4 Å². The average Bonchev–Trinajstić information content (AvgIpc) is 2.76. The first-order chi connectivity index (χ1) is 8.56. The quantitative estimate of drug-likeness (QED) is 0.767. The number of hydrogen-bond acceptors (Lipinski definition) is 3. The molecule has 2 aliphatic rings. The molecule has 2 fully saturated rings. The largest absolute Gasteiger partial charge is 0.481 e. The molecule has 1 N–H and O–H groups in total. The van der Waals surface area contributed by atoms with Crippen LogP contribution in [0.5, 0.6) is 0 Å². The van der Waals surface area contributed by atoms with E-state index in [2.05, 4.69) is 0 Å². The summed E-state index contributed by atoms with van der Waals surface area (Å²) < 4.78 is 11.2. The van der Waals surface area contributed by atoms with E-state index in [1.807, 2.05) is 0 Å². The summed E-state index contributed by atoms with van der Waals surface area (Å²) in [7, 11) is -0.784. The molecule has 0 spiro atoms. The number of likely N-dealkylation sites (tertiary alicyclic amines) is 1. The van der Waals surface area contributed by atoms with Crippen molar-refractivity contribution in [2.45, 2.75) is 12.8 Å². The molecule has 7 heteroatoms. The highest BCUT2D eigenvalue weighted by atomic mass is 32.2. The Morgan fingerprint density at radius 1 is 1.17 bits per heavy atom. The lowest BCUT2D eigenvalue weighted by Gasteiger charge is -2.30. The van der Waals surface area contributed by atoms with Gasteiger partial charge in [-0.2, -0.15) is 0 Å². The van der Waals surface area contributed by atoms with Crippen LogP contribution in [0.3, 0.4) is 0 Å². The van der Waals surface area contributed by atoms with Crippen molar-refractivity contribution in [2.24, 2.45) is 5.92 Å². The number of carboxylic acid groups (broad SMARTS) is 1. The lowest BCUT2D eigenvalue weighted by molar-refractivity contribution is -0.138. The second-order valence-electron chi connectivity index (χ2n) is 4.82. The fourth-order valence-corrected chi connectivity index (χ4v) is 3.50. The Morgan fingerprint density at radius 2 is 1.83 bits per heavy atom. The summed E-state index contributed by atoms with van der Waals surface area (Å²) in [6, 6.07) is -0.0282. The molecule has 2 heterocycles. The Hall–Kier alpha value is -1.11. The molecule has 2 amide bonds. The second kappa shape index (κ2) is 5.69. The number of carbonyl (C=O) groups is 2. The summed E-state index contributed by atoms with van der Waals surface area (Å²) in [6.07, 6.45) is 0.894. The third-order valence-electron chi connectivity index (χ3n) is 3.47. The molecule has 0 aromatic carbocycles. The van der Waals surface area contributed by atoms with Crippen molar-refractivity contribution in [3.8, 4) is 0 Å². The van der Waals surface area contributed by atoms with Crippen molar-refractivity contribution < 1.29 is 18.9 Å². The fourth-order valence-electron chi connectivity index (χ4n) is 2.45. The molecule has 18 heavy (non-hydrogen) atoms. The summed E-state index contributed by atoms with van der Waals surface area (Å²) in [5, 5.41) is 8.73. The Bertz CT molecular complexity index is 364. The van der Waals surface area contributed by atoms with Gasteiger partial charge in [0.05, 0.1) is 0 Å². The first kappa shape index (κ1) is 13.3. The smallest absolute Gasteiger partial charge is 0.320 e. The minimum atomic E-state index is -0.803. The molecule has 0 aromatic rings. The molecule has 2 aliphatic heterocycles. The van der Waals surface area contributed by atoms with Gasteiger partial charge in [-0.25, -0.2) is 4.79 Å². The van der Waals surface area contributed by atoms with Crippen LogP contribution in [-0.2, 0) is 15.6 Å². The minimum Gasteiger partial charge on any atom is -0.481 e. The predicted molar refractivity (Wildman–Crippen MR) is 66.8 cm³/mol. The van der Waals surface area contributed by atoms with Gasteiger partial charge >= 0.3 is 12.0 Å². The second-order valence-corrected chi connectivity index (χ2v) is 6.51. The molecule has 2 saturated heterocycles. The molecule has 1 atom stereocenters. The van der Waals surface area contributed by atoms with Gasteiger partial charge in [-0.1, -0.05) is 0 Å². The van der Waals surface area contributed by atoms with Crippen LogP contribution in [0.25, 0.3) is 0 Å². The third kappa shape index (κ3) is 3.22. The molecule has 1 unspecified atom stereocenters. The number of rotatable bonds is 2. The fraction of sp³-hybridized carbons (Fsp3) is 0.818. The Labute approximate surface area is 108 Å². The summed E-state index contributed by atoms with van der Waals surface area (Å²) in [4.78, 5) is 26.2. The monoisotopic (exact) mass is 274 g/mol. The molecule has 0 saturated carbocycles. The number of nitrogens with zero attached hydrogens (tertiary/aromatic N) is 2. The zero-order valence-corrected chi connectivity index (χ0v) is 11.0. The van der Waals surface area contributed by atoms with Crippen molar-refractivity contribution >= 4 is 22.8 Å². The van der Waals surface area contributed by atoms with Crippen LogP contribution in [0.2, 0.25) is 0 Å². The average molecular weight is 274 g/mol. The standard InChI is InChI=1S/C11H18N2O4S/c14-10(15)7-9-1-2-13(8-9)11(16)12-3-5-18(17)6-4-12/h9H,1-8H2,(H,14,15). The van der Waals surface area contributed by atoms with E-state index < -0.39 is 16.8 Å². The van der Waals surface area contributed by atoms with Crippen molar-refractivity contribution in [1.29, 1.82) is 0 Å². The van der Waals surface area contributed by atoms with Gasteiger partial charge in [0.2, 0.25) is 0 Å². The topological polar surface area (TPSA) is 77.9 Å². The number of carbonyl (C=O) groups excluding carboxylic acids is 1. The van der Waals surface area contributed by atoms with Gasteiger partial charge in [-0.15, -0.1) is 0 Å². The van der Waals surface area contributed by atoms with Crippen LogP contribution < -0.4 is 0 Å². The van der Waals surface area contributed by atoms with E-state index in [0.29, 0.717) is 37.7 Å². The van der Waals surface area contributed by atoms with E-state index in [0.717, 1.165) is 6.42 Å². The number of hydrogen-bond donors (Lipinski definition) is 1. The first-order valence-corrected chi connectivity index (χ1v) is 7.65. The number of urea groups is 1. The molecule has 0 radical (unpaired) electrons. The zero-order chi connectivity index (χ0) is 13.1. The van der Waals surface area contributed by atoms with Gasteiger partial charge in [0.15, 0.2) is 0 Å². The predicted octanol–water partition coefficient (Wildman–Crippen LogP) is -0.0327. The molecule has 0 aromatic heterocycles. The maximum Gasteiger partial charge on any atom is 0.320 e. The lowest BCUT2D eigenvalue weighted by Crippen LogP contribution is -2.48. The third-order valence-corrected chi connectivity index (χ3v) is 4.74. The van der Waals surface area contributed by atoms with Crippen molar-refractivity contribution in [1.82, 2.24) is 9.80 Å². The summed E-state index contributed by atoms with van der Waals surface area (Å²) in [6.45, 7) is 2.26. The maximum absolute atomic E-state index is 12.1. The van der Waals surface area contributed by atoms with Crippen LogP contribution >= 0.6 is 0 Å². The van der Waals surface area contributed by atoms with Crippen LogP contribution in [0.4, 0.5) is 4.79 Å². The summed E-state index contributed by atoms with van der Waals surface area (Å²) >= 11 is 0. The SMILES string of the molecule is O=C(O)CC1CCN(C(=O)N2CCS(=O)CC2)C1. The van der Waals surface area contributed by atoms with Gasteiger partial charge in [0.25, 0.3) is 0 Å². The van der Waals surface area contributed by atoms with Gasteiger partial charge in [0, 0.05) is 54.9 Å². The van der Waals surface area contributed by atoms with Gasteiger partial charge < -0.3 is 14.9 Å². The zero-order valence-electron chi connectivity index (χ0n) is 10.2. The van der Waals surface area contributed by atoms with Crippen LogP contribution in [0, 0.1) is 5.92 Å². The Morgan fingerprint density at radius 3 is 2.44 bits per heavy atom. The minimum absolute atomic E-state index is 0.0282. The molecule has 102 valence electrons. The normalized spacial score (nSPS) is 25.4. The molecule has 6 nitrogen and oxygen atoms in total. The highest BCUT2D eigenvalue weighted by Gasteiger charge is 2.31. The van der Waals surface area contributed by atoms with Crippen LogP contribution in [0.15, 0.2) is 0 Å². The van der Waals surface area contributed by atoms with Crippen molar-refractivity contribution in [3.05, 3.63) is 0 Å². The molecule has 0 aliphatic carbocycles. The lowest BCUT2D eigenvalue weighted by atomic mass is 10.1. The molecular weight excluding hydrogens is 256 g/mol. The Kier molecular flexibility index (Phi) is 4.21. The van der Waals surface area contributed by atoms with Gasteiger partial charge in [-0.3, -0.25) is 9.00 Å².